The Balaban J connectivity index is 1.64. The number of rotatable bonds is 3. The molecule has 0 radical (unpaired) electrons. The van der Waals surface area contributed by atoms with Crippen molar-refractivity contribution in [1.82, 2.24) is 4.90 Å². The molecular formula is C22H24N2O2. The lowest BCUT2D eigenvalue weighted by Gasteiger charge is -2.43. The van der Waals surface area contributed by atoms with Gasteiger partial charge in [0.2, 0.25) is 5.91 Å². The Morgan fingerprint density at radius 3 is 2.54 bits per heavy atom. The van der Waals surface area contributed by atoms with Crippen LogP contribution in [-0.4, -0.2) is 31.0 Å². The Morgan fingerprint density at radius 2 is 1.73 bits per heavy atom. The Bertz CT molecular complexity index is 863. The van der Waals surface area contributed by atoms with E-state index in [1.807, 2.05) is 12.1 Å². The molecule has 134 valence electrons. The Labute approximate surface area is 154 Å². The van der Waals surface area contributed by atoms with E-state index in [4.69, 9.17) is 4.74 Å². The molecule has 0 N–H and O–H groups in total. The smallest absolute Gasteiger partial charge is 0.223 e. The Morgan fingerprint density at radius 1 is 0.923 bits per heavy atom. The third-order valence-corrected chi connectivity index (χ3v) is 6.23. The minimum absolute atomic E-state index is 0.171. The van der Waals surface area contributed by atoms with Crippen LogP contribution in [0.25, 0.3) is 0 Å². The van der Waals surface area contributed by atoms with E-state index < -0.39 is 0 Å². The average molecular weight is 348 g/mol. The van der Waals surface area contributed by atoms with Gasteiger partial charge < -0.3 is 14.5 Å². The number of anilines is 1. The number of carbonyl (C=O) groups excluding carboxylic acids is 1. The summed E-state index contributed by atoms with van der Waals surface area (Å²) in [5.41, 5.74) is 5.34. The summed E-state index contributed by atoms with van der Waals surface area (Å²) in [5, 5.41) is 0. The largest absolute Gasteiger partial charge is 0.496 e. The molecular weight excluding hydrogens is 324 g/mol. The van der Waals surface area contributed by atoms with E-state index in [9.17, 15) is 4.79 Å². The maximum Gasteiger partial charge on any atom is 0.223 e. The van der Waals surface area contributed by atoms with Crippen LogP contribution in [0.1, 0.15) is 48.0 Å². The van der Waals surface area contributed by atoms with Gasteiger partial charge in [0, 0.05) is 30.8 Å². The van der Waals surface area contributed by atoms with E-state index in [2.05, 4.69) is 40.1 Å². The van der Waals surface area contributed by atoms with Gasteiger partial charge in [0.05, 0.1) is 19.2 Å². The van der Waals surface area contributed by atoms with Crippen LogP contribution < -0.4 is 9.64 Å². The molecule has 1 fully saturated rings. The molecule has 0 aromatic heterocycles. The van der Waals surface area contributed by atoms with Crippen LogP contribution in [0.5, 0.6) is 5.75 Å². The lowest BCUT2D eigenvalue weighted by Crippen LogP contribution is -2.39. The fraction of sp³-hybridized carbons (Fsp3) is 0.409. The summed E-state index contributed by atoms with van der Waals surface area (Å²) in [6.45, 7) is 1.92. The maximum absolute atomic E-state index is 12.5. The number of ether oxygens (including phenoxy) is 1. The van der Waals surface area contributed by atoms with Crippen molar-refractivity contribution in [2.24, 2.45) is 0 Å². The van der Waals surface area contributed by atoms with Gasteiger partial charge in [0.1, 0.15) is 5.75 Å². The first-order valence-electron chi connectivity index (χ1n) is 9.58. The van der Waals surface area contributed by atoms with Crippen LogP contribution in [0, 0.1) is 0 Å². The lowest BCUT2D eigenvalue weighted by molar-refractivity contribution is -0.130. The van der Waals surface area contributed by atoms with Gasteiger partial charge in [-0.1, -0.05) is 36.4 Å². The highest BCUT2D eigenvalue weighted by Crippen LogP contribution is 2.51. The molecule has 3 aliphatic heterocycles. The van der Waals surface area contributed by atoms with Crippen molar-refractivity contribution < 1.29 is 9.53 Å². The van der Waals surface area contributed by atoms with Crippen molar-refractivity contribution in [1.29, 1.82) is 0 Å². The van der Waals surface area contributed by atoms with Crippen LogP contribution in [0.2, 0.25) is 0 Å². The zero-order valence-electron chi connectivity index (χ0n) is 15.1. The first-order valence-corrected chi connectivity index (χ1v) is 9.58. The fourth-order valence-corrected chi connectivity index (χ4v) is 5.09. The normalized spacial score (nSPS) is 24.1. The Kier molecular flexibility index (Phi) is 3.66. The SMILES string of the molecule is COc1ccccc1[C@H]1C[C@@H](N2CCCC2=O)c2cccc3c2N1CC3. The molecule has 0 spiro atoms. The van der Waals surface area contributed by atoms with Gasteiger partial charge in [-0.05, 0) is 36.5 Å². The number of para-hydroxylation sites is 2. The van der Waals surface area contributed by atoms with Crippen LogP contribution in [-0.2, 0) is 11.2 Å². The summed E-state index contributed by atoms with van der Waals surface area (Å²) in [4.78, 5) is 17.2. The minimum Gasteiger partial charge on any atom is -0.496 e. The van der Waals surface area contributed by atoms with Crippen molar-refractivity contribution in [3.8, 4) is 5.75 Å². The minimum atomic E-state index is 0.171. The van der Waals surface area contributed by atoms with Gasteiger partial charge in [-0.25, -0.2) is 0 Å². The molecule has 0 unspecified atom stereocenters. The van der Waals surface area contributed by atoms with E-state index in [1.54, 1.807) is 7.11 Å². The molecule has 2 aromatic carbocycles. The van der Waals surface area contributed by atoms with Gasteiger partial charge in [-0.3, -0.25) is 4.79 Å². The molecule has 1 amide bonds. The second kappa shape index (κ2) is 6.04. The van der Waals surface area contributed by atoms with E-state index >= 15 is 0 Å². The van der Waals surface area contributed by atoms with Gasteiger partial charge in [0.25, 0.3) is 0 Å². The zero-order valence-corrected chi connectivity index (χ0v) is 15.1. The molecule has 0 saturated carbocycles. The number of carbonyl (C=O) groups is 1. The molecule has 3 heterocycles. The van der Waals surface area contributed by atoms with Crippen molar-refractivity contribution in [3.63, 3.8) is 0 Å². The summed E-state index contributed by atoms with van der Waals surface area (Å²) in [7, 11) is 1.74. The molecule has 0 bridgehead atoms. The van der Waals surface area contributed by atoms with Crippen LogP contribution >= 0.6 is 0 Å². The standard InChI is InChI=1S/C22H24N2O2/c1-26-20-9-3-2-7-16(20)18-14-19(23-12-5-10-21(23)25)17-8-4-6-15-11-13-24(18)22(15)17/h2-4,6-9,18-19H,5,10-14H2,1H3/t18-,19-/m1/s1. The first-order chi connectivity index (χ1) is 12.8. The van der Waals surface area contributed by atoms with Crippen LogP contribution in [0.3, 0.4) is 0 Å². The molecule has 2 atom stereocenters. The van der Waals surface area contributed by atoms with Crippen molar-refractivity contribution in [2.75, 3.05) is 25.1 Å². The number of hydrogen-bond donors (Lipinski definition) is 0. The highest BCUT2D eigenvalue weighted by atomic mass is 16.5. The predicted octanol–water partition coefficient (Wildman–Crippen LogP) is 3.87. The first kappa shape index (κ1) is 15.7. The molecule has 2 aromatic rings. The molecule has 4 heteroatoms. The van der Waals surface area contributed by atoms with Gasteiger partial charge in [-0.15, -0.1) is 0 Å². The number of benzene rings is 2. The molecule has 26 heavy (non-hydrogen) atoms. The second-order valence-corrected chi connectivity index (χ2v) is 7.50. The summed E-state index contributed by atoms with van der Waals surface area (Å²) in [6, 6.07) is 15.4. The van der Waals surface area contributed by atoms with Crippen molar-refractivity contribution in [3.05, 3.63) is 59.2 Å². The predicted molar refractivity (Wildman–Crippen MR) is 102 cm³/mol. The van der Waals surface area contributed by atoms with Gasteiger partial charge in [-0.2, -0.15) is 0 Å². The molecule has 5 rings (SSSR count). The summed E-state index contributed by atoms with van der Waals surface area (Å²) >= 11 is 0. The lowest BCUT2D eigenvalue weighted by atomic mass is 9.86. The molecule has 1 saturated heterocycles. The van der Waals surface area contributed by atoms with E-state index in [-0.39, 0.29) is 12.1 Å². The number of likely N-dealkylation sites (tertiary alicyclic amines) is 1. The topological polar surface area (TPSA) is 32.8 Å². The summed E-state index contributed by atoms with van der Waals surface area (Å²) in [5.74, 6) is 1.25. The quantitative estimate of drug-likeness (QED) is 0.844. The third-order valence-electron chi connectivity index (χ3n) is 6.23. The van der Waals surface area contributed by atoms with Crippen LogP contribution in [0.15, 0.2) is 42.5 Å². The summed E-state index contributed by atoms with van der Waals surface area (Å²) in [6.07, 6.45) is 3.68. The number of methoxy groups -OCH3 is 1. The van der Waals surface area contributed by atoms with E-state index in [0.29, 0.717) is 12.3 Å². The van der Waals surface area contributed by atoms with Crippen molar-refractivity contribution in [2.45, 2.75) is 37.8 Å². The second-order valence-electron chi connectivity index (χ2n) is 7.50. The fourth-order valence-electron chi connectivity index (χ4n) is 5.09. The highest BCUT2D eigenvalue weighted by Gasteiger charge is 2.42. The average Bonchev–Trinajstić information content (AvgIpc) is 3.30. The van der Waals surface area contributed by atoms with Crippen molar-refractivity contribution >= 4 is 11.6 Å². The van der Waals surface area contributed by atoms with E-state index in [1.165, 1.54) is 22.4 Å². The third kappa shape index (κ3) is 2.24. The molecule has 0 aliphatic carbocycles. The molecule has 4 nitrogen and oxygen atoms in total. The van der Waals surface area contributed by atoms with Gasteiger partial charge in [0.15, 0.2) is 0 Å². The monoisotopic (exact) mass is 348 g/mol. The summed E-state index contributed by atoms with van der Waals surface area (Å²) < 4.78 is 5.67. The number of hydrogen-bond acceptors (Lipinski definition) is 3. The maximum atomic E-state index is 12.5. The van der Waals surface area contributed by atoms with Gasteiger partial charge >= 0.3 is 0 Å². The van der Waals surface area contributed by atoms with Crippen LogP contribution in [0.4, 0.5) is 5.69 Å². The molecule has 3 aliphatic rings. The zero-order chi connectivity index (χ0) is 17.7. The Hall–Kier alpha value is -2.49. The highest BCUT2D eigenvalue weighted by molar-refractivity contribution is 5.80. The number of amides is 1. The van der Waals surface area contributed by atoms with E-state index in [0.717, 1.165) is 38.1 Å². The number of nitrogens with zero attached hydrogens (tertiary/aromatic N) is 2.